The predicted molar refractivity (Wildman–Crippen MR) is 63.2 cm³/mol. The van der Waals surface area contributed by atoms with E-state index in [1.807, 2.05) is 6.92 Å². The van der Waals surface area contributed by atoms with Crippen LogP contribution in [0.25, 0.3) is 0 Å². The van der Waals surface area contributed by atoms with Crippen molar-refractivity contribution in [3.63, 3.8) is 0 Å². The van der Waals surface area contributed by atoms with E-state index in [9.17, 15) is 14.9 Å². The number of nitrogens with one attached hydrogen (secondary N) is 1. The van der Waals surface area contributed by atoms with Crippen LogP contribution >= 0.6 is 0 Å². The molecule has 2 N–H and O–H groups in total. The maximum atomic E-state index is 10.9. The van der Waals surface area contributed by atoms with Crippen LogP contribution in [0.4, 0.5) is 11.6 Å². The summed E-state index contributed by atoms with van der Waals surface area (Å²) in [4.78, 5) is 28.1. The minimum Gasteiger partial charge on any atom is -0.481 e. The molecule has 0 saturated heterocycles. The van der Waals surface area contributed by atoms with E-state index < -0.39 is 16.8 Å². The summed E-state index contributed by atoms with van der Waals surface area (Å²) in [6.07, 6.45) is 3.46. The van der Waals surface area contributed by atoms with Crippen LogP contribution in [0.3, 0.4) is 0 Å². The Hall–Kier alpha value is -2.25. The Kier molecular flexibility index (Phi) is 4.97. The lowest BCUT2D eigenvalue weighted by Crippen LogP contribution is -2.23. The molecule has 1 aromatic rings. The summed E-state index contributed by atoms with van der Waals surface area (Å²) >= 11 is 0. The highest BCUT2D eigenvalue weighted by atomic mass is 16.6. The molecule has 0 bridgehead atoms. The van der Waals surface area contributed by atoms with Gasteiger partial charge in [-0.25, -0.2) is 9.97 Å². The van der Waals surface area contributed by atoms with Crippen molar-refractivity contribution in [3.05, 3.63) is 22.5 Å². The van der Waals surface area contributed by atoms with Crippen molar-refractivity contribution in [1.29, 1.82) is 0 Å². The van der Waals surface area contributed by atoms with E-state index in [0.717, 1.165) is 18.8 Å². The number of hydrogen-bond acceptors (Lipinski definition) is 6. The van der Waals surface area contributed by atoms with Crippen molar-refractivity contribution in [2.75, 3.05) is 11.9 Å². The van der Waals surface area contributed by atoms with Crippen LogP contribution in [-0.4, -0.2) is 32.5 Å². The third-order valence-electron chi connectivity index (χ3n) is 2.34. The third kappa shape index (κ3) is 3.96. The summed E-state index contributed by atoms with van der Waals surface area (Å²) in [6.45, 7) is 2.10. The lowest BCUT2D eigenvalue weighted by molar-refractivity contribution is -0.385. The molecule has 1 heterocycles. The molecule has 1 unspecified atom stereocenters. The summed E-state index contributed by atoms with van der Waals surface area (Å²) in [7, 11) is 0. The number of nitrogens with zero attached hydrogens (tertiary/aromatic N) is 3. The molecule has 0 aliphatic carbocycles. The second-order valence-electron chi connectivity index (χ2n) is 3.73. The van der Waals surface area contributed by atoms with Crippen molar-refractivity contribution in [3.8, 4) is 0 Å². The molecule has 8 heteroatoms. The summed E-state index contributed by atoms with van der Waals surface area (Å²) in [5, 5.41) is 22.1. The monoisotopic (exact) mass is 254 g/mol. The van der Waals surface area contributed by atoms with E-state index in [0.29, 0.717) is 6.42 Å². The fraction of sp³-hybridized carbons (Fsp3) is 0.500. The molecule has 1 aromatic heterocycles. The van der Waals surface area contributed by atoms with Gasteiger partial charge in [0, 0.05) is 6.54 Å². The molecule has 0 saturated carbocycles. The fourth-order valence-electron chi connectivity index (χ4n) is 1.38. The van der Waals surface area contributed by atoms with Crippen molar-refractivity contribution >= 4 is 17.6 Å². The van der Waals surface area contributed by atoms with Gasteiger partial charge in [-0.2, -0.15) is 0 Å². The van der Waals surface area contributed by atoms with Gasteiger partial charge in [-0.05, 0) is 6.42 Å². The number of anilines is 1. The first kappa shape index (κ1) is 13.8. The molecule has 0 radical (unpaired) electrons. The molecular formula is C10H14N4O4. The van der Waals surface area contributed by atoms with Crippen LogP contribution < -0.4 is 5.32 Å². The number of carboxylic acids is 1. The standard InChI is InChI=1S/C10H14N4O4/c1-2-3-7(9(15)16)4-11-10-12-5-8(6-13-10)14(17)18/h5-7H,2-4H2,1H3,(H,15,16)(H,11,12,13). The lowest BCUT2D eigenvalue weighted by Gasteiger charge is -2.11. The fourth-order valence-corrected chi connectivity index (χ4v) is 1.38. The molecule has 0 aliphatic rings. The maximum Gasteiger partial charge on any atom is 0.308 e. The zero-order valence-electron chi connectivity index (χ0n) is 9.87. The van der Waals surface area contributed by atoms with E-state index in [2.05, 4.69) is 15.3 Å². The van der Waals surface area contributed by atoms with E-state index in [-0.39, 0.29) is 18.2 Å². The average molecular weight is 254 g/mol. The Morgan fingerprint density at radius 2 is 2.17 bits per heavy atom. The summed E-state index contributed by atoms with van der Waals surface area (Å²) < 4.78 is 0. The van der Waals surface area contributed by atoms with Gasteiger partial charge in [0.1, 0.15) is 12.4 Å². The summed E-state index contributed by atoms with van der Waals surface area (Å²) in [5.41, 5.74) is -0.205. The second-order valence-corrected chi connectivity index (χ2v) is 3.73. The molecule has 0 spiro atoms. The molecular weight excluding hydrogens is 240 g/mol. The minimum absolute atomic E-state index is 0.183. The average Bonchev–Trinajstić information content (AvgIpc) is 2.34. The number of carbonyl (C=O) groups is 1. The van der Waals surface area contributed by atoms with Crippen LogP contribution in [-0.2, 0) is 4.79 Å². The van der Waals surface area contributed by atoms with Crippen LogP contribution in [0.5, 0.6) is 0 Å². The number of aromatic nitrogens is 2. The number of rotatable bonds is 7. The molecule has 0 aromatic carbocycles. The van der Waals surface area contributed by atoms with Crippen LogP contribution in [0.1, 0.15) is 19.8 Å². The van der Waals surface area contributed by atoms with Crippen LogP contribution in [0, 0.1) is 16.0 Å². The smallest absolute Gasteiger partial charge is 0.308 e. The lowest BCUT2D eigenvalue weighted by atomic mass is 10.0. The van der Waals surface area contributed by atoms with Gasteiger partial charge in [-0.3, -0.25) is 14.9 Å². The van der Waals surface area contributed by atoms with E-state index >= 15 is 0 Å². The van der Waals surface area contributed by atoms with Gasteiger partial charge < -0.3 is 10.4 Å². The SMILES string of the molecule is CCCC(CNc1ncc([N+](=O)[O-])cn1)C(=O)O. The molecule has 0 fully saturated rings. The first-order chi connectivity index (χ1) is 8.54. The number of aliphatic carboxylic acids is 1. The molecule has 0 aliphatic heterocycles. The maximum absolute atomic E-state index is 10.9. The van der Waals surface area contributed by atoms with Crippen molar-refractivity contribution in [2.45, 2.75) is 19.8 Å². The Labute approximate surface area is 103 Å². The number of hydrogen-bond donors (Lipinski definition) is 2. The Morgan fingerprint density at radius 1 is 1.56 bits per heavy atom. The molecule has 18 heavy (non-hydrogen) atoms. The topological polar surface area (TPSA) is 118 Å². The largest absolute Gasteiger partial charge is 0.481 e. The number of nitro groups is 1. The van der Waals surface area contributed by atoms with Crippen LogP contribution in [0.15, 0.2) is 12.4 Å². The highest BCUT2D eigenvalue weighted by Crippen LogP contribution is 2.10. The Balaban J connectivity index is 2.56. The van der Waals surface area contributed by atoms with Gasteiger partial charge in [0.2, 0.25) is 5.95 Å². The van der Waals surface area contributed by atoms with Crippen molar-refractivity contribution in [2.24, 2.45) is 5.92 Å². The molecule has 98 valence electrons. The highest BCUT2D eigenvalue weighted by molar-refractivity contribution is 5.70. The van der Waals surface area contributed by atoms with E-state index in [1.165, 1.54) is 0 Å². The van der Waals surface area contributed by atoms with Gasteiger partial charge in [-0.15, -0.1) is 0 Å². The quantitative estimate of drug-likeness (QED) is 0.556. The van der Waals surface area contributed by atoms with Crippen molar-refractivity contribution < 1.29 is 14.8 Å². The van der Waals surface area contributed by atoms with Crippen molar-refractivity contribution in [1.82, 2.24) is 9.97 Å². The van der Waals surface area contributed by atoms with Crippen LogP contribution in [0.2, 0.25) is 0 Å². The summed E-state index contributed by atoms with van der Waals surface area (Å²) in [5.74, 6) is -1.22. The van der Waals surface area contributed by atoms with E-state index in [1.54, 1.807) is 0 Å². The number of carboxylic acid groups (broad SMARTS) is 1. The molecule has 1 atom stereocenters. The van der Waals surface area contributed by atoms with Gasteiger partial charge in [0.25, 0.3) is 0 Å². The third-order valence-corrected chi connectivity index (χ3v) is 2.34. The minimum atomic E-state index is -0.883. The first-order valence-electron chi connectivity index (χ1n) is 5.47. The molecule has 0 amide bonds. The Bertz CT molecular complexity index is 420. The van der Waals surface area contributed by atoms with Gasteiger partial charge in [-0.1, -0.05) is 13.3 Å². The van der Waals surface area contributed by atoms with E-state index in [4.69, 9.17) is 5.11 Å². The zero-order chi connectivity index (χ0) is 13.5. The Morgan fingerprint density at radius 3 is 2.61 bits per heavy atom. The predicted octanol–water partition coefficient (Wildman–Crippen LogP) is 1.30. The highest BCUT2D eigenvalue weighted by Gasteiger charge is 2.16. The zero-order valence-corrected chi connectivity index (χ0v) is 9.87. The molecule has 1 rings (SSSR count). The summed E-state index contributed by atoms with van der Waals surface area (Å²) in [6, 6.07) is 0. The second kappa shape index (κ2) is 6.48. The molecule has 8 nitrogen and oxygen atoms in total. The van der Waals surface area contributed by atoms with Gasteiger partial charge in [0.15, 0.2) is 0 Å². The normalized spacial score (nSPS) is 11.8. The first-order valence-corrected chi connectivity index (χ1v) is 5.47. The van der Waals surface area contributed by atoms with Gasteiger partial charge >= 0.3 is 11.7 Å². The van der Waals surface area contributed by atoms with Gasteiger partial charge in [0.05, 0.1) is 10.8 Å².